The Morgan fingerprint density at radius 2 is 1.81 bits per heavy atom. The number of carbonyl (C=O) groups excluding carboxylic acids is 1. The van der Waals surface area contributed by atoms with Crippen molar-refractivity contribution in [2.24, 2.45) is 0 Å². The molecule has 0 atom stereocenters. The summed E-state index contributed by atoms with van der Waals surface area (Å²) in [6.45, 7) is 2.75. The highest BCUT2D eigenvalue weighted by molar-refractivity contribution is 7.89. The van der Waals surface area contributed by atoms with Gasteiger partial charge in [0.05, 0.1) is 5.02 Å². The zero-order chi connectivity index (χ0) is 22.7. The molecule has 0 bridgehead atoms. The molecule has 1 amide bonds. The average Bonchev–Trinajstić information content (AvgIpc) is 3.24. The van der Waals surface area contributed by atoms with E-state index in [9.17, 15) is 13.2 Å². The third-order valence-electron chi connectivity index (χ3n) is 5.20. The molecule has 4 rings (SSSR count). The van der Waals surface area contributed by atoms with E-state index in [1.807, 2.05) is 31.2 Å². The molecule has 1 aromatic heterocycles. The van der Waals surface area contributed by atoms with Crippen LogP contribution in [0.2, 0.25) is 5.02 Å². The van der Waals surface area contributed by atoms with Gasteiger partial charge in [0.1, 0.15) is 11.4 Å². The van der Waals surface area contributed by atoms with Crippen molar-refractivity contribution in [2.45, 2.75) is 37.6 Å². The fraction of sp³-hybridized carbons (Fsp3) is 0.333. The van der Waals surface area contributed by atoms with Crippen LogP contribution in [0.4, 0.5) is 5.69 Å². The van der Waals surface area contributed by atoms with Gasteiger partial charge in [-0.3, -0.25) is 4.79 Å². The number of nitrogens with one attached hydrogen (secondary N) is 1. The van der Waals surface area contributed by atoms with E-state index in [4.69, 9.17) is 11.6 Å². The van der Waals surface area contributed by atoms with Crippen molar-refractivity contribution in [3.8, 4) is 11.4 Å². The number of halogens is 1. The number of anilines is 1. The second-order valence-electron chi connectivity index (χ2n) is 7.67. The van der Waals surface area contributed by atoms with Gasteiger partial charge in [-0.15, -0.1) is 10.2 Å². The van der Waals surface area contributed by atoms with Gasteiger partial charge in [-0.1, -0.05) is 47.9 Å². The Kier molecular flexibility index (Phi) is 6.54. The predicted molar refractivity (Wildman–Crippen MR) is 121 cm³/mol. The molecule has 9 nitrogen and oxygen atoms in total. The fourth-order valence-electron chi connectivity index (χ4n) is 3.48. The van der Waals surface area contributed by atoms with Crippen molar-refractivity contribution >= 4 is 33.2 Å². The number of amides is 1. The first-order chi connectivity index (χ1) is 15.3. The van der Waals surface area contributed by atoms with Crippen LogP contribution in [0.15, 0.2) is 47.4 Å². The molecular formula is C21H23ClN6O3S. The number of aromatic nitrogens is 4. The summed E-state index contributed by atoms with van der Waals surface area (Å²) < 4.78 is 27.4. The van der Waals surface area contributed by atoms with Crippen LogP contribution in [-0.4, -0.2) is 51.9 Å². The number of rotatable bonds is 6. The van der Waals surface area contributed by atoms with Gasteiger partial charge in [0.2, 0.25) is 21.8 Å². The molecule has 168 valence electrons. The van der Waals surface area contributed by atoms with Crippen LogP contribution in [0, 0.1) is 6.92 Å². The molecule has 0 unspecified atom stereocenters. The predicted octanol–water partition coefficient (Wildman–Crippen LogP) is 3.12. The molecular weight excluding hydrogens is 452 g/mol. The molecule has 1 aliphatic rings. The second kappa shape index (κ2) is 9.35. The number of hydrogen-bond donors (Lipinski definition) is 1. The molecule has 3 aromatic rings. The van der Waals surface area contributed by atoms with Crippen LogP contribution in [0.25, 0.3) is 11.4 Å². The lowest BCUT2D eigenvalue weighted by molar-refractivity contribution is -0.117. The van der Waals surface area contributed by atoms with Gasteiger partial charge < -0.3 is 5.32 Å². The lowest BCUT2D eigenvalue weighted by Crippen LogP contribution is -2.35. The monoisotopic (exact) mass is 474 g/mol. The average molecular weight is 475 g/mol. The fourth-order valence-corrected chi connectivity index (χ4v) is 5.50. The molecule has 11 heteroatoms. The van der Waals surface area contributed by atoms with Crippen LogP contribution in [0.5, 0.6) is 0 Å². The molecule has 0 saturated carbocycles. The normalized spacial score (nSPS) is 14.9. The number of nitrogens with zero attached hydrogens (tertiary/aromatic N) is 5. The van der Waals surface area contributed by atoms with E-state index < -0.39 is 15.9 Å². The van der Waals surface area contributed by atoms with Crippen LogP contribution in [-0.2, 0) is 21.4 Å². The Morgan fingerprint density at radius 3 is 2.53 bits per heavy atom. The Balaban J connectivity index is 1.46. The molecule has 32 heavy (non-hydrogen) atoms. The van der Waals surface area contributed by atoms with Crippen LogP contribution < -0.4 is 5.32 Å². The molecule has 1 N–H and O–H groups in total. The van der Waals surface area contributed by atoms with Crippen LogP contribution >= 0.6 is 11.6 Å². The van der Waals surface area contributed by atoms with Gasteiger partial charge in [-0.05, 0) is 43.2 Å². The number of piperidine rings is 1. The van der Waals surface area contributed by atoms with Gasteiger partial charge in [-0.2, -0.15) is 9.10 Å². The lowest BCUT2D eigenvalue weighted by Gasteiger charge is -2.26. The minimum atomic E-state index is -3.73. The quantitative estimate of drug-likeness (QED) is 0.587. The van der Waals surface area contributed by atoms with Gasteiger partial charge >= 0.3 is 0 Å². The number of sulfonamides is 1. The van der Waals surface area contributed by atoms with Gasteiger partial charge in [-0.25, -0.2) is 8.42 Å². The zero-order valence-electron chi connectivity index (χ0n) is 17.5. The summed E-state index contributed by atoms with van der Waals surface area (Å²) in [6, 6.07) is 12.1. The first-order valence-corrected chi connectivity index (χ1v) is 12.1. The molecule has 0 spiro atoms. The molecule has 1 saturated heterocycles. The van der Waals surface area contributed by atoms with Gasteiger partial charge in [0, 0.05) is 24.3 Å². The number of tetrazole rings is 1. The summed E-state index contributed by atoms with van der Waals surface area (Å²) >= 11 is 6.19. The SMILES string of the molecule is Cc1ccc(-c2nnn(CC(=O)Nc3ccc(Cl)c(S(=O)(=O)N4CCCCC4)c3)n2)cc1. The van der Waals surface area contributed by atoms with E-state index in [-0.39, 0.29) is 16.5 Å². The standard InChI is InChI=1S/C21H23ClN6O3S/c1-15-5-7-16(8-6-15)21-24-26-28(25-21)14-20(29)23-17-9-10-18(22)19(13-17)32(30,31)27-11-3-2-4-12-27/h5-10,13H,2-4,11-12,14H2,1H3,(H,23,29). The smallest absolute Gasteiger partial charge is 0.248 e. The maximum Gasteiger partial charge on any atom is 0.248 e. The Hall–Kier alpha value is -2.82. The van der Waals surface area contributed by atoms with Crippen molar-refractivity contribution in [1.29, 1.82) is 0 Å². The summed E-state index contributed by atoms with van der Waals surface area (Å²) in [6.07, 6.45) is 2.66. The van der Waals surface area contributed by atoms with E-state index in [1.165, 1.54) is 21.2 Å². The Labute approximate surface area is 191 Å². The van der Waals surface area contributed by atoms with Crippen molar-refractivity contribution in [2.75, 3.05) is 18.4 Å². The zero-order valence-corrected chi connectivity index (χ0v) is 19.1. The Bertz CT molecular complexity index is 1220. The van der Waals surface area contributed by atoms with E-state index >= 15 is 0 Å². The minimum Gasteiger partial charge on any atom is -0.324 e. The number of carbonyl (C=O) groups is 1. The number of benzene rings is 2. The van der Waals surface area contributed by atoms with Crippen LogP contribution in [0.1, 0.15) is 24.8 Å². The summed E-state index contributed by atoms with van der Waals surface area (Å²) in [5, 5.41) is 14.9. The highest BCUT2D eigenvalue weighted by atomic mass is 35.5. The highest BCUT2D eigenvalue weighted by Crippen LogP contribution is 2.29. The largest absolute Gasteiger partial charge is 0.324 e. The van der Waals surface area contributed by atoms with Gasteiger partial charge in [0.15, 0.2) is 0 Å². The number of hydrogen-bond acceptors (Lipinski definition) is 6. The van der Waals surface area contributed by atoms with E-state index in [1.54, 1.807) is 6.07 Å². The van der Waals surface area contributed by atoms with E-state index in [0.29, 0.717) is 24.6 Å². The lowest BCUT2D eigenvalue weighted by atomic mass is 10.1. The molecule has 0 aliphatic carbocycles. The van der Waals surface area contributed by atoms with Crippen molar-refractivity contribution < 1.29 is 13.2 Å². The molecule has 1 aliphatic heterocycles. The maximum atomic E-state index is 13.0. The van der Waals surface area contributed by atoms with Crippen molar-refractivity contribution in [1.82, 2.24) is 24.5 Å². The van der Waals surface area contributed by atoms with E-state index in [0.717, 1.165) is 30.4 Å². The van der Waals surface area contributed by atoms with Crippen molar-refractivity contribution in [3.05, 3.63) is 53.1 Å². The summed E-state index contributed by atoms with van der Waals surface area (Å²) in [5.74, 6) is 0.000651. The molecule has 0 radical (unpaired) electrons. The summed E-state index contributed by atoms with van der Waals surface area (Å²) in [5.41, 5.74) is 2.24. The summed E-state index contributed by atoms with van der Waals surface area (Å²) in [7, 11) is -3.73. The maximum absolute atomic E-state index is 13.0. The topological polar surface area (TPSA) is 110 Å². The first kappa shape index (κ1) is 22.4. The minimum absolute atomic E-state index is 0.0144. The molecule has 2 heterocycles. The number of aryl methyl sites for hydroxylation is 1. The third-order valence-corrected chi connectivity index (χ3v) is 7.58. The van der Waals surface area contributed by atoms with Gasteiger partial charge in [0.25, 0.3) is 0 Å². The van der Waals surface area contributed by atoms with Crippen LogP contribution in [0.3, 0.4) is 0 Å². The first-order valence-electron chi connectivity index (χ1n) is 10.3. The highest BCUT2D eigenvalue weighted by Gasteiger charge is 2.28. The second-order valence-corrected chi connectivity index (χ2v) is 9.98. The Morgan fingerprint density at radius 1 is 1.09 bits per heavy atom. The molecule has 1 fully saturated rings. The van der Waals surface area contributed by atoms with Crippen molar-refractivity contribution in [3.63, 3.8) is 0 Å². The third kappa shape index (κ3) is 4.98. The molecule has 2 aromatic carbocycles. The van der Waals surface area contributed by atoms with E-state index in [2.05, 4.69) is 20.7 Å². The summed E-state index contributed by atoms with van der Waals surface area (Å²) in [4.78, 5) is 13.7.